The normalized spacial score (nSPS) is 10.2. The minimum absolute atomic E-state index is 0.172. The van der Waals surface area contributed by atoms with Gasteiger partial charge in [0.2, 0.25) is 0 Å². The molecule has 4 nitrogen and oxygen atoms in total. The Balaban J connectivity index is 2.39. The highest BCUT2D eigenvalue weighted by atomic mass is 19.1. The van der Waals surface area contributed by atoms with Crippen LogP contribution >= 0.6 is 0 Å². The Morgan fingerprint density at radius 3 is 2.58 bits per heavy atom. The van der Waals surface area contributed by atoms with Crippen molar-refractivity contribution >= 4 is 17.5 Å². The van der Waals surface area contributed by atoms with Crippen molar-refractivity contribution in [2.45, 2.75) is 6.92 Å². The molecule has 0 fully saturated rings. The van der Waals surface area contributed by atoms with Gasteiger partial charge in [0.25, 0.3) is 0 Å². The van der Waals surface area contributed by atoms with Crippen molar-refractivity contribution in [1.29, 1.82) is 0 Å². The Hall–Kier alpha value is -2.43. The minimum Gasteiger partial charge on any atom is -0.478 e. The average Bonchev–Trinajstić information content (AvgIpc) is 2.42. The van der Waals surface area contributed by atoms with Crippen molar-refractivity contribution in [2.24, 2.45) is 0 Å². The number of hydrogen-bond acceptors (Lipinski definition) is 3. The van der Waals surface area contributed by atoms with Crippen molar-refractivity contribution < 1.29 is 14.3 Å². The summed E-state index contributed by atoms with van der Waals surface area (Å²) in [4.78, 5) is 16.9. The van der Waals surface area contributed by atoms with Crippen LogP contribution in [0.2, 0.25) is 0 Å². The predicted octanol–water partition coefficient (Wildman–Crippen LogP) is 3.08. The van der Waals surface area contributed by atoms with E-state index < -0.39 is 5.97 Å². The number of rotatable bonds is 4. The van der Waals surface area contributed by atoms with Gasteiger partial charge in [0.05, 0.1) is 5.56 Å². The van der Waals surface area contributed by atoms with Crippen LogP contribution < -0.4 is 4.90 Å². The molecule has 98 valence electrons. The van der Waals surface area contributed by atoms with Crippen LogP contribution in [0.5, 0.6) is 0 Å². The third kappa shape index (κ3) is 2.88. The van der Waals surface area contributed by atoms with Crippen molar-refractivity contribution in [1.82, 2.24) is 4.98 Å². The summed E-state index contributed by atoms with van der Waals surface area (Å²) < 4.78 is 12.9. The van der Waals surface area contributed by atoms with E-state index in [0.29, 0.717) is 12.4 Å². The first-order chi connectivity index (χ1) is 9.11. The van der Waals surface area contributed by atoms with Gasteiger partial charge in [-0.2, -0.15) is 0 Å². The van der Waals surface area contributed by atoms with Crippen molar-refractivity contribution in [3.05, 3.63) is 54.0 Å². The topological polar surface area (TPSA) is 53.4 Å². The summed E-state index contributed by atoms with van der Waals surface area (Å²) in [5.41, 5.74) is 0.935. The van der Waals surface area contributed by atoms with E-state index in [1.165, 1.54) is 30.5 Å². The van der Waals surface area contributed by atoms with E-state index in [0.717, 1.165) is 5.69 Å². The molecule has 2 aromatic rings. The van der Waals surface area contributed by atoms with Gasteiger partial charge >= 0.3 is 5.97 Å². The molecule has 5 heteroatoms. The van der Waals surface area contributed by atoms with Crippen LogP contribution in [0.25, 0.3) is 0 Å². The molecular formula is C14H13FN2O2. The van der Waals surface area contributed by atoms with Gasteiger partial charge in [-0.25, -0.2) is 14.2 Å². The lowest BCUT2D eigenvalue weighted by molar-refractivity contribution is 0.0697. The van der Waals surface area contributed by atoms with Gasteiger partial charge in [-0.1, -0.05) is 0 Å². The second-order valence-corrected chi connectivity index (χ2v) is 3.93. The number of carbonyl (C=O) groups is 1. The summed E-state index contributed by atoms with van der Waals surface area (Å²) in [6.07, 6.45) is 1.45. The van der Waals surface area contributed by atoms with E-state index in [-0.39, 0.29) is 11.4 Å². The number of nitrogens with zero attached hydrogens (tertiary/aromatic N) is 2. The number of halogens is 1. The Morgan fingerprint density at radius 1 is 1.32 bits per heavy atom. The molecule has 19 heavy (non-hydrogen) atoms. The molecule has 2 rings (SSSR count). The number of hydrogen-bond donors (Lipinski definition) is 1. The molecule has 1 aromatic heterocycles. The van der Waals surface area contributed by atoms with Crippen LogP contribution in [0, 0.1) is 5.82 Å². The van der Waals surface area contributed by atoms with Crippen LogP contribution in [-0.2, 0) is 0 Å². The van der Waals surface area contributed by atoms with Crippen molar-refractivity contribution in [3.63, 3.8) is 0 Å². The number of aromatic nitrogens is 1. The van der Waals surface area contributed by atoms with E-state index in [4.69, 9.17) is 5.11 Å². The molecule has 1 aromatic carbocycles. The summed E-state index contributed by atoms with van der Waals surface area (Å²) in [6, 6.07) is 8.92. The van der Waals surface area contributed by atoms with E-state index in [1.807, 2.05) is 11.8 Å². The zero-order chi connectivity index (χ0) is 13.8. The Kier molecular flexibility index (Phi) is 3.75. The van der Waals surface area contributed by atoms with Crippen LogP contribution in [0.15, 0.2) is 42.6 Å². The molecule has 1 N–H and O–H groups in total. The predicted molar refractivity (Wildman–Crippen MR) is 70.3 cm³/mol. The molecule has 0 unspecified atom stereocenters. The maximum absolute atomic E-state index is 12.9. The smallest absolute Gasteiger partial charge is 0.335 e. The zero-order valence-electron chi connectivity index (χ0n) is 10.4. The fourth-order valence-electron chi connectivity index (χ4n) is 1.80. The quantitative estimate of drug-likeness (QED) is 0.917. The minimum atomic E-state index is -1.00. The first kappa shape index (κ1) is 13.0. The maximum atomic E-state index is 12.9. The summed E-state index contributed by atoms with van der Waals surface area (Å²) in [5.74, 6) is -0.792. The van der Waals surface area contributed by atoms with Gasteiger partial charge in [0.15, 0.2) is 0 Å². The van der Waals surface area contributed by atoms with Crippen LogP contribution in [0.4, 0.5) is 15.9 Å². The summed E-state index contributed by atoms with van der Waals surface area (Å²) in [6.45, 7) is 2.51. The lowest BCUT2D eigenvalue weighted by Gasteiger charge is -2.22. The first-order valence-electron chi connectivity index (χ1n) is 5.84. The highest BCUT2D eigenvalue weighted by Crippen LogP contribution is 2.23. The molecule has 1 heterocycles. The van der Waals surface area contributed by atoms with E-state index in [1.54, 1.807) is 12.1 Å². The van der Waals surface area contributed by atoms with Gasteiger partial charge in [-0.05, 0) is 43.3 Å². The summed E-state index contributed by atoms with van der Waals surface area (Å²) in [5, 5.41) is 8.97. The second kappa shape index (κ2) is 5.48. The number of pyridine rings is 1. The van der Waals surface area contributed by atoms with E-state index in [9.17, 15) is 9.18 Å². The van der Waals surface area contributed by atoms with Gasteiger partial charge in [0.1, 0.15) is 11.6 Å². The Bertz CT molecular complexity index is 584. The highest BCUT2D eigenvalue weighted by Gasteiger charge is 2.11. The highest BCUT2D eigenvalue weighted by molar-refractivity contribution is 5.88. The second-order valence-electron chi connectivity index (χ2n) is 3.93. The van der Waals surface area contributed by atoms with Crippen LogP contribution in [0.1, 0.15) is 17.3 Å². The summed E-state index contributed by atoms with van der Waals surface area (Å²) in [7, 11) is 0. The van der Waals surface area contributed by atoms with Gasteiger partial charge in [-0.3, -0.25) is 0 Å². The van der Waals surface area contributed by atoms with Gasteiger partial charge in [-0.15, -0.1) is 0 Å². The molecule has 0 atom stereocenters. The molecule has 0 aliphatic heterocycles. The lowest BCUT2D eigenvalue weighted by Crippen LogP contribution is -2.17. The standard InChI is InChI=1S/C14H13FN2O2/c1-2-17(12-5-3-11(15)4-6-12)13-9-10(14(18)19)7-8-16-13/h3-9H,2H2,1H3,(H,18,19). The lowest BCUT2D eigenvalue weighted by atomic mass is 10.2. The molecule has 0 bridgehead atoms. The average molecular weight is 260 g/mol. The summed E-state index contributed by atoms with van der Waals surface area (Å²) >= 11 is 0. The molecule has 0 aliphatic rings. The molecule has 0 spiro atoms. The molecule has 0 saturated heterocycles. The first-order valence-corrected chi connectivity index (χ1v) is 5.84. The van der Waals surface area contributed by atoms with E-state index >= 15 is 0 Å². The number of benzene rings is 1. The third-order valence-electron chi connectivity index (χ3n) is 2.72. The Morgan fingerprint density at radius 2 is 2.00 bits per heavy atom. The van der Waals surface area contributed by atoms with Crippen LogP contribution in [0.3, 0.4) is 0 Å². The fraction of sp³-hybridized carbons (Fsp3) is 0.143. The van der Waals surface area contributed by atoms with Crippen molar-refractivity contribution in [2.75, 3.05) is 11.4 Å². The molecule has 0 amide bonds. The van der Waals surface area contributed by atoms with Crippen molar-refractivity contribution in [3.8, 4) is 0 Å². The monoisotopic (exact) mass is 260 g/mol. The third-order valence-corrected chi connectivity index (χ3v) is 2.72. The number of anilines is 2. The fourth-order valence-corrected chi connectivity index (χ4v) is 1.80. The van der Waals surface area contributed by atoms with Gasteiger partial charge in [0, 0.05) is 18.4 Å². The molecule has 0 aliphatic carbocycles. The van der Waals surface area contributed by atoms with Gasteiger partial charge < -0.3 is 10.0 Å². The molecular weight excluding hydrogens is 247 g/mol. The Labute approximate surface area is 110 Å². The van der Waals surface area contributed by atoms with E-state index in [2.05, 4.69) is 4.98 Å². The molecule has 0 saturated carbocycles. The molecule has 0 radical (unpaired) electrons. The van der Waals surface area contributed by atoms with Crippen LogP contribution in [-0.4, -0.2) is 22.6 Å². The zero-order valence-corrected chi connectivity index (χ0v) is 10.4. The SMILES string of the molecule is CCN(c1ccc(F)cc1)c1cc(C(=O)O)ccn1. The number of aromatic carboxylic acids is 1. The largest absolute Gasteiger partial charge is 0.478 e. The number of carboxylic acid groups (broad SMARTS) is 1. The number of carboxylic acids is 1. The maximum Gasteiger partial charge on any atom is 0.335 e.